The molecule has 5 heteroatoms. The van der Waals surface area contributed by atoms with Crippen LogP contribution in [0.15, 0.2) is 18.2 Å². The average molecular weight is 258 g/mol. The van der Waals surface area contributed by atoms with E-state index in [0.29, 0.717) is 19.8 Å². The van der Waals surface area contributed by atoms with E-state index >= 15 is 0 Å². The van der Waals surface area contributed by atoms with Crippen LogP contribution >= 0.6 is 0 Å². The van der Waals surface area contributed by atoms with E-state index in [2.05, 4.69) is 46.8 Å². The van der Waals surface area contributed by atoms with Gasteiger partial charge in [0.15, 0.2) is 5.82 Å². The fourth-order valence-corrected chi connectivity index (χ4v) is 2.51. The molecule has 0 atom stereocenters. The quantitative estimate of drug-likeness (QED) is 0.914. The third kappa shape index (κ3) is 2.05. The van der Waals surface area contributed by atoms with Crippen LogP contribution in [0.4, 0.5) is 0 Å². The molecule has 0 radical (unpaired) electrons. The van der Waals surface area contributed by atoms with Crippen LogP contribution in [0.3, 0.4) is 0 Å². The van der Waals surface area contributed by atoms with E-state index < -0.39 is 0 Å². The van der Waals surface area contributed by atoms with E-state index in [-0.39, 0.29) is 6.04 Å². The summed E-state index contributed by atoms with van der Waals surface area (Å²) in [6.45, 7) is 6.02. The maximum absolute atomic E-state index is 5.73. The van der Waals surface area contributed by atoms with Crippen LogP contribution in [-0.4, -0.2) is 14.8 Å². The van der Waals surface area contributed by atoms with E-state index in [4.69, 9.17) is 10.5 Å². The number of aromatic nitrogens is 3. The molecule has 5 nitrogen and oxygen atoms in total. The van der Waals surface area contributed by atoms with Gasteiger partial charge in [0.1, 0.15) is 5.82 Å². The molecule has 19 heavy (non-hydrogen) atoms. The second kappa shape index (κ2) is 4.75. The van der Waals surface area contributed by atoms with Crippen molar-refractivity contribution < 1.29 is 4.74 Å². The summed E-state index contributed by atoms with van der Waals surface area (Å²) in [4.78, 5) is 0. The molecule has 0 aliphatic carbocycles. The van der Waals surface area contributed by atoms with Gasteiger partial charge in [0.2, 0.25) is 0 Å². The molecule has 3 rings (SSSR count). The molecule has 0 fully saturated rings. The molecular formula is C14H18N4O. The van der Waals surface area contributed by atoms with Crippen molar-refractivity contribution in [3.63, 3.8) is 0 Å². The van der Waals surface area contributed by atoms with Gasteiger partial charge in [-0.05, 0) is 31.0 Å². The lowest BCUT2D eigenvalue weighted by atomic mass is 10.1. The molecule has 1 aliphatic rings. The SMILES string of the molecule is CC(C)n1c(CN)nnc1-c1ccc2c(c1)COC2. The molecule has 0 unspecified atom stereocenters. The van der Waals surface area contributed by atoms with Crippen molar-refractivity contribution in [1.29, 1.82) is 0 Å². The van der Waals surface area contributed by atoms with Gasteiger partial charge < -0.3 is 15.0 Å². The monoisotopic (exact) mass is 258 g/mol. The highest BCUT2D eigenvalue weighted by Gasteiger charge is 2.18. The van der Waals surface area contributed by atoms with Crippen molar-refractivity contribution in [2.45, 2.75) is 39.6 Å². The summed E-state index contributed by atoms with van der Waals surface area (Å²) in [5, 5.41) is 8.48. The summed E-state index contributed by atoms with van der Waals surface area (Å²) < 4.78 is 7.54. The summed E-state index contributed by atoms with van der Waals surface area (Å²) in [6.07, 6.45) is 0. The fraction of sp³-hybridized carbons (Fsp3) is 0.429. The van der Waals surface area contributed by atoms with Gasteiger partial charge >= 0.3 is 0 Å². The molecule has 2 aromatic rings. The molecule has 2 N–H and O–H groups in total. The number of nitrogens with zero attached hydrogens (tertiary/aromatic N) is 3. The molecular weight excluding hydrogens is 240 g/mol. The Morgan fingerprint density at radius 3 is 2.79 bits per heavy atom. The van der Waals surface area contributed by atoms with Gasteiger partial charge in [-0.15, -0.1) is 10.2 Å². The van der Waals surface area contributed by atoms with Crippen LogP contribution in [0.25, 0.3) is 11.4 Å². The summed E-state index contributed by atoms with van der Waals surface area (Å²) in [5.41, 5.74) is 9.30. The molecule has 0 spiro atoms. The molecule has 100 valence electrons. The highest BCUT2D eigenvalue weighted by atomic mass is 16.5. The summed E-state index contributed by atoms with van der Waals surface area (Å²) >= 11 is 0. The lowest BCUT2D eigenvalue weighted by molar-refractivity contribution is 0.134. The maximum Gasteiger partial charge on any atom is 0.164 e. The largest absolute Gasteiger partial charge is 0.372 e. The van der Waals surface area contributed by atoms with Gasteiger partial charge in [-0.25, -0.2) is 0 Å². The summed E-state index contributed by atoms with van der Waals surface area (Å²) in [5.74, 6) is 1.70. The number of ether oxygens (including phenoxy) is 1. The summed E-state index contributed by atoms with van der Waals surface area (Å²) in [6, 6.07) is 6.62. The van der Waals surface area contributed by atoms with Crippen LogP contribution < -0.4 is 5.73 Å². The van der Waals surface area contributed by atoms with E-state index in [0.717, 1.165) is 17.2 Å². The maximum atomic E-state index is 5.73. The first kappa shape index (κ1) is 12.3. The Kier molecular flexibility index (Phi) is 3.08. The minimum Gasteiger partial charge on any atom is -0.372 e. The Morgan fingerprint density at radius 1 is 1.26 bits per heavy atom. The molecule has 1 aromatic carbocycles. The molecule has 2 heterocycles. The lowest BCUT2D eigenvalue weighted by Gasteiger charge is -2.13. The minimum atomic E-state index is 0.285. The van der Waals surface area contributed by atoms with Crippen LogP contribution in [0.1, 0.15) is 36.8 Å². The van der Waals surface area contributed by atoms with Crippen LogP contribution in [-0.2, 0) is 24.5 Å². The van der Waals surface area contributed by atoms with Gasteiger partial charge in [-0.1, -0.05) is 12.1 Å². The number of benzene rings is 1. The number of hydrogen-bond acceptors (Lipinski definition) is 4. The highest BCUT2D eigenvalue weighted by Crippen LogP contribution is 2.27. The Hall–Kier alpha value is -1.72. The minimum absolute atomic E-state index is 0.285. The number of nitrogens with two attached hydrogens (primary N) is 1. The third-order valence-corrected chi connectivity index (χ3v) is 3.44. The first-order valence-corrected chi connectivity index (χ1v) is 6.54. The van der Waals surface area contributed by atoms with E-state index in [1.54, 1.807) is 0 Å². The van der Waals surface area contributed by atoms with Gasteiger partial charge in [0.05, 0.1) is 19.8 Å². The van der Waals surface area contributed by atoms with Gasteiger partial charge in [0, 0.05) is 11.6 Å². The zero-order valence-electron chi connectivity index (χ0n) is 11.3. The standard InChI is InChI=1S/C14H18N4O/c1-9(2)18-13(6-15)16-17-14(18)10-3-4-11-7-19-8-12(11)5-10/h3-5,9H,6-8,15H2,1-2H3. The van der Waals surface area contributed by atoms with E-state index in [1.807, 2.05) is 0 Å². The number of rotatable bonds is 3. The summed E-state index contributed by atoms with van der Waals surface area (Å²) in [7, 11) is 0. The lowest BCUT2D eigenvalue weighted by Crippen LogP contribution is -2.11. The molecule has 1 aromatic heterocycles. The molecule has 1 aliphatic heterocycles. The first-order chi connectivity index (χ1) is 9.20. The molecule has 0 saturated heterocycles. The van der Waals surface area contributed by atoms with Crippen molar-refractivity contribution >= 4 is 0 Å². The van der Waals surface area contributed by atoms with Gasteiger partial charge in [-0.2, -0.15) is 0 Å². The van der Waals surface area contributed by atoms with Crippen LogP contribution in [0, 0.1) is 0 Å². The predicted molar refractivity (Wildman–Crippen MR) is 72.2 cm³/mol. The topological polar surface area (TPSA) is 66.0 Å². The zero-order valence-corrected chi connectivity index (χ0v) is 11.3. The Labute approximate surface area is 112 Å². The van der Waals surface area contributed by atoms with Crippen molar-refractivity contribution in [2.75, 3.05) is 0 Å². The van der Waals surface area contributed by atoms with Crippen LogP contribution in [0.2, 0.25) is 0 Å². The predicted octanol–water partition coefficient (Wildman–Crippen LogP) is 2.01. The molecule has 0 amide bonds. The Bertz CT molecular complexity index is 603. The van der Waals surface area contributed by atoms with E-state index in [9.17, 15) is 0 Å². The van der Waals surface area contributed by atoms with Crippen molar-refractivity contribution in [2.24, 2.45) is 5.73 Å². The smallest absolute Gasteiger partial charge is 0.164 e. The fourth-order valence-electron chi connectivity index (χ4n) is 2.51. The normalized spacial score (nSPS) is 14.1. The Morgan fingerprint density at radius 2 is 2.05 bits per heavy atom. The number of hydrogen-bond donors (Lipinski definition) is 1. The van der Waals surface area contributed by atoms with Crippen molar-refractivity contribution in [1.82, 2.24) is 14.8 Å². The zero-order chi connectivity index (χ0) is 13.4. The first-order valence-electron chi connectivity index (χ1n) is 6.54. The third-order valence-electron chi connectivity index (χ3n) is 3.44. The van der Waals surface area contributed by atoms with Crippen molar-refractivity contribution in [3.8, 4) is 11.4 Å². The highest BCUT2D eigenvalue weighted by molar-refractivity contribution is 5.58. The molecule has 0 bridgehead atoms. The van der Waals surface area contributed by atoms with Gasteiger partial charge in [0.25, 0.3) is 0 Å². The average Bonchev–Trinajstić information content (AvgIpc) is 3.03. The second-order valence-electron chi connectivity index (χ2n) is 5.08. The Balaban J connectivity index is 2.09. The molecule has 0 saturated carbocycles. The van der Waals surface area contributed by atoms with E-state index in [1.165, 1.54) is 11.1 Å². The van der Waals surface area contributed by atoms with Crippen molar-refractivity contribution in [3.05, 3.63) is 35.2 Å². The van der Waals surface area contributed by atoms with Gasteiger partial charge in [-0.3, -0.25) is 0 Å². The number of fused-ring (bicyclic) bond motifs is 1. The van der Waals surface area contributed by atoms with Crippen LogP contribution in [0.5, 0.6) is 0 Å². The second-order valence-corrected chi connectivity index (χ2v) is 5.08.